The van der Waals surface area contributed by atoms with Crippen LogP contribution in [0.3, 0.4) is 0 Å². The summed E-state index contributed by atoms with van der Waals surface area (Å²) in [6.07, 6.45) is 11.4. The molecule has 0 heterocycles. The smallest absolute Gasteiger partial charge is 0.255 e. The number of nitrogens with two attached hydrogens (primary N) is 1. The molecule has 0 bridgehead atoms. The Hall–Kier alpha value is -2.23. The Balaban J connectivity index is 2.43. The van der Waals surface area contributed by atoms with Gasteiger partial charge in [-0.15, -0.1) is 0 Å². The number of hydrogen-bond acceptors (Lipinski definition) is 3. The summed E-state index contributed by atoms with van der Waals surface area (Å²) in [5, 5.41) is 0. The second kappa shape index (κ2) is 10.0. The van der Waals surface area contributed by atoms with Crippen molar-refractivity contribution < 1.29 is 14.3 Å². The van der Waals surface area contributed by atoms with Crippen LogP contribution in [0, 0.1) is 0 Å². The van der Waals surface area contributed by atoms with Crippen LogP contribution in [-0.4, -0.2) is 12.5 Å². The van der Waals surface area contributed by atoms with Crippen LogP contribution in [0.2, 0.25) is 0 Å². The molecule has 0 fully saturated rings. The van der Waals surface area contributed by atoms with E-state index >= 15 is 0 Å². The molecule has 2 N–H and O–H groups in total. The Bertz CT molecular complexity index is 664. The number of unbranched alkanes of at least 4 members (excludes halogenated alkanes) is 2. The molecule has 1 amide bonds. The van der Waals surface area contributed by atoms with Crippen LogP contribution in [0.25, 0.3) is 0 Å². The van der Waals surface area contributed by atoms with Gasteiger partial charge in [0, 0.05) is 11.5 Å². The summed E-state index contributed by atoms with van der Waals surface area (Å²) in [4.78, 5) is 11.3. The number of amides is 1. The van der Waals surface area contributed by atoms with Gasteiger partial charge in [0.25, 0.3) is 5.91 Å². The van der Waals surface area contributed by atoms with Crippen molar-refractivity contribution in [2.45, 2.75) is 64.7 Å². The van der Waals surface area contributed by atoms with E-state index in [1.165, 1.54) is 24.7 Å². The van der Waals surface area contributed by atoms with Gasteiger partial charge in [0.2, 0.25) is 0 Å². The number of aryl methyl sites for hydroxylation is 1. The third-order valence-corrected chi connectivity index (χ3v) is 4.76. The zero-order valence-electron chi connectivity index (χ0n) is 16.1. The Kier molecular flexibility index (Phi) is 7.76. The minimum absolute atomic E-state index is 0.131. The third kappa shape index (κ3) is 5.65. The van der Waals surface area contributed by atoms with E-state index < -0.39 is 5.91 Å². The van der Waals surface area contributed by atoms with Gasteiger partial charge in [-0.2, -0.15) is 0 Å². The molecule has 142 valence electrons. The first-order valence-corrected chi connectivity index (χ1v) is 9.58. The van der Waals surface area contributed by atoms with Gasteiger partial charge in [0.1, 0.15) is 11.5 Å². The second-order valence-corrected chi connectivity index (χ2v) is 7.01. The molecule has 1 atom stereocenters. The highest BCUT2D eigenvalue weighted by molar-refractivity contribution is 5.75. The standard InChI is InChI=1S/C22H31NO3/c1-4-6-7-10-17-13-19(25-5-2)22(18-11-8-9-16(3)12-18)20(14-17)26-15-21(23)24/h5,12-14,18H,2,4,6-11,15H2,1,3H3,(H2,23,24). The van der Waals surface area contributed by atoms with E-state index in [0.29, 0.717) is 5.75 Å². The summed E-state index contributed by atoms with van der Waals surface area (Å²) in [5.74, 6) is 1.20. The highest BCUT2D eigenvalue weighted by Crippen LogP contribution is 2.42. The molecular formula is C22H31NO3. The molecule has 0 radical (unpaired) electrons. The molecule has 1 aliphatic rings. The van der Waals surface area contributed by atoms with Crippen LogP contribution in [0.4, 0.5) is 0 Å². The lowest BCUT2D eigenvalue weighted by Crippen LogP contribution is -2.21. The van der Waals surface area contributed by atoms with Crippen LogP contribution in [0.15, 0.2) is 36.6 Å². The third-order valence-electron chi connectivity index (χ3n) is 4.76. The number of carbonyl (C=O) groups is 1. The SMILES string of the molecule is C=COc1cc(CCCCC)cc(OCC(N)=O)c1C1C=C(C)CCC1. The summed E-state index contributed by atoms with van der Waals surface area (Å²) >= 11 is 0. The van der Waals surface area contributed by atoms with E-state index in [4.69, 9.17) is 15.2 Å². The number of benzene rings is 1. The molecular weight excluding hydrogens is 326 g/mol. The van der Waals surface area contributed by atoms with E-state index in [0.717, 1.165) is 49.0 Å². The van der Waals surface area contributed by atoms with Gasteiger partial charge in [0.15, 0.2) is 6.61 Å². The topological polar surface area (TPSA) is 61.6 Å². The molecule has 0 saturated heterocycles. The quantitative estimate of drug-likeness (QED) is 0.363. The summed E-state index contributed by atoms with van der Waals surface area (Å²) in [6, 6.07) is 4.13. The average molecular weight is 357 g/mol. The van der Waals surface area contributed by atoms with Crippen LogP contribution >= 0.6 is 0 Å². The number of hydrogen-bond donors (Lipinski definition) is 1. The summed E-state index contributed by atoms with van der Waals surface area (Å²) in [6.45, 7) is 7.93. The Morgan fingerprint density at radius 1 is 1.35 bits per heavy atom. The van der Waals surface area contributed by atoms with Gasteiger partial charge in [-0.05, 0) is 56.7 Å². The summed E-state index contributed by atoms with van der Waals surface area (Å²) in [7, 11) is 0. The van der Waals surface area contributed by atoms with E-state index in [9.17, 15) is 4.79 Å². The molecule has 0 aromatic heterocycles. The van der Waals surface area contributed by atoms with E-state index in [2.05, 4.69) is 32.6 Å². The van der Waals surface area contributed by atoms with Crippen molar-refractivity contribution in [2.24, 2.45) is 5.73 Å². The molecule has 26 heavy (non-hydrogen) atoms. The summed E-state index contributed by atoms with van der Waals surface area (Å²) < 4.78 is 11.6. The van der Waals surface area contributed by atoms with Crippen molar-refractivity contribution in [3.8, 4) is 11.5 Å². The van der Waals surface area contributed by atoms with Crippen molar-refractivity contribution in [1.82, 2.24) is 0 Å². The maximum atomic E-state index is 11.3. The second-order valence-electron chi connectivity index (χ2n) is 7.01. The predicted molar refractivity (Wildman–Crippen MR) is 106 cm³/mol. The van der Waals surface area contributed by atoms with E-state index in [1.807, 2.05) is 6.07 Å². The van der Waals surface area contributed by atoms with Gasteiger partial charge in [-0.3, -0.25) is 4.79 Å². The highest BCUT2D eigenvalue weighted by atomic mass is 16.5. The Labute approximate surface area is 157 Å². The van der Waals surface area contributed by atoms with Crippen LogP contribution in [-0.2, 0) is 11.2 Å². The molecule has 0 aliphatic heterocycles. The van der Waals surface area contributed by atoms with Crippen molar-refractivity contribution in [2.75, 3.05) is 6.61 Å². The van der Waals surface area contributed by atoms with Gasteiger partial charge >= 0.3 is 0 Å². The normalized spacial score (nSPS) is 16.7. The molecule has 1 aromatic carbocycles. The molecule has 1 unspecified atom stereocenters. The van der Waals surface area contributed by atoms with Gasteiger partial charge in [-0.1, -0.05) is 38.0 Å². The molecule has 4 heteroatoms. The zero-order chi connectivity index (χ0) is 18.9. The lowest BCUT2D eigenvalue weighted by Gasteiger charge is -2.25. The number of ether oxygens (including phenoxy) is 2. The fraction of sp³-hybridized carbons (Fsp3) is 0.500. The maximum absolute atomic E-state index is 11.3. The van der Waals surface area contributed by atoms with E-state index in [1.54, 1.807) is 0 Å². The number of primary amides is 1. The van der Waals surface area contributed by atoms with Crippen LogP contribution in [0.1, 0.15) is 69.4 Å². The lowest BCUT2D eigenvalue weighted by molar-refractivity contribution is -0.119. The van der Waals surface area contributed by atoms with Crippen molar-refractivity contribution in [1.29, 1.82) is 0 Å². The first kappa shape index (κ1) is 20.1. The fourth-order valence-corrected chi connectivity index (χ4v) is 3.54. The fourth-order valence-electron chi connectivity index (χ4n) is 3.54. The van der Waals surface area contributed by atoms with Crippen molar-refractivity contribution >= 4 is 5.91 Å². The van der Waals surface area contributed by atoms with E-state index in [-0.39, 0.29) is 12.5 Å². The highest BCUT2D eigenvalue weighted by Gasteiger charge is 2.23. The zero-order valence-corrected chi connectivity index (χ0v) is 16.1. The molecule has 4 nitrogen and oxygen atoms in total. The van der Waals surface area contributed by atoms with Crippen molar-refractivity contribution in [3.05, 3.63) is 47.7 Å². The number of rotatable bonds is 10. The van der Waals surface area contributed by atoms with Crippen molar-refractivity contribution in [3.63, 3.8) is 0 Å². The first-order valence-electron chi connectivity index (χ1n) is 9.58. The average Bonchev–Trinajstić information content (AvgIpc) is 2.60. The first-order chi connectivity index (χ1) is 12.5. The Morgan fingerprint density at radius 3 is 2.77 bits per heavy atom. The monoisotopic (exact) mass is 357 g/mol. The molecule has 1 aromatic rings. The minimum Gasteiger partial charge on any atom is -0.483 e. The molecule has 2 rings (SSSR count). The van der Waals surface area contributed by atoms with Gasteiger partial charge in [-0.25, -0.2) is 0 Å². The van der Waals surface area contributed by atoms with Gasteiger partial charge < -0.3 is 15.2 Å². The predicted octanol–water partition coefficient (Wildman–Crippen LogP) is 5.02. The largest absolute Gasteiger partial charge is 0.483 e. The molecule has 1 aliphatic carbocycles. The molecule has 0 saturated carbocycles. The maximum Gasteiger partial charge on any atom is 0.255 e. The van der Waals surface area contributed by atoms with Gasteiger partial charge in [0.05, 0.1) is 6.26 Å². The lowest BCUT2D eigenvalue weighted by atomic mass is 9.84. The van der Waals surface area contributed by atoms with Crippen LogP contribution < -0.4 is 15.2 Å². The number of carbonyl (C=O) groups excluding carboxylic acids is 1. The van der Waals surface area contributed by atoms with Crippen LogP contribution in [0.5, 0.6) is 11.5 Å². The Morgan fingerprint density at radius 2 is 2.12 bits per heavy atom. The number of allylic oxidation sites excluding steroid dienone is 2. The molecule has 0 spiro atoms. The summed E-state index contributed by atoms with van der Waals surface area (Å²) in [5.41, 5.74) is 8.81. The minimum atomic E-state index is -0.478.